The summed E-state index contributed by atoms with van der Waals surface area (Å²) in [7, 11) is -3.65. The minimum Gasteiger partial charge on any atom is -0.323 e. The first-order valence-corrected chi connectivity index (χ1v) is 11.6. The molecule has 160 valence electrons. The highest BCUT2D eigenvalue weighted by Gasteiger charge is 2.13. The van der Waals surface area contributed by atoms with Crippen molar-refractivity contribution in [3.63, 3.8) is 0 Å². The summed E-state index contributed by atoms with van der Waals surface area (Å²) in [6.45, 7) is 0.209. The van der Waals surface area contributed by atoms with Gasteiger partial charge in [-0.3, -0.25) is 4.79 Å². The molecule has 5 nitrogen and oxygen atoms in total. The molecule has 4 rings (SSSR count). The molecule has 0 aliphatic rings. The first kappa shape index (κ1) is 21.5. The summed E-state index contributed by atoms with van der Waals surface area (Å²) in [6, 6.07) is 29.3. The average molecular weight is 443 g/mol. The molecule has 0 saturated heterocycles. The van der Waals surface area contributed by atoms with Crippen LogP contribution in [0.2, 0.25) is 0 Å². The van der Waals surface area contributed by atoms with Crippen LogP contribution >= 0.6 is 0 Å². The third kappa shape index (κ3) is 5.29. The van der Waals surface area contributed by atoms with Crippen molar-refractivity contribution in [1.29, 1.82) is 0 Å². The third-order valence-electron chi connectivity index (χ3n) is 4.98. The van der Waals surface area contributed by atoms with Gasteiger partial charge in [-0.2, -0.15) is 0 Å². The monoisotopic (exact) mass is 442 g/mol. The van der Waals surface area contributed by atoms with E-state index in [0.717, 1.165) is 21.9 Å². The van der Waals surface area contributed by atoms with Gasteiger partial charge in [0.2, 0.25) is 15.9 Å². The highest BCUT2D eigenvalue weighted by molar-refractivity contribution is 7.89. The number of amides is 1. The molecule has 0 radical (unpaired) electrons. The second kappa shape index (κ2) is 9.60. The summed E-state index contributed by atoms with van der Waals surface area (Å²) in [5.74, 6) is -0.296. The van der Waals surface area contributed by atoms with E-state index in [1.54, 1.807) is 18.2 Å². The number of benzene rings is 4. The summed E-state index contributed by atoms with van der Waals surface area (Å²) in [6.07, 6.45) is 3.23. The molecule has 6 heteroatoms. The Morgan fingerprint density at radius 3 is 2.25 bits per heavy atom. The summed E-state index contributed by atoms with van der Waals surface area (Å²) in [5.41, 5.74) is 2.33. The molecule has 4 aromatic rings. The molecule has 0 atom stereocenters. The molecule has 0 fully saturated rings. The lowest BCUT2D eigenvalue weighted by Crippen LogP contribution is -2.23. The van der Waals surface area contributed by atoms with E-state index in [-0.39, 0.29) is 17.3 Å². The van der Waals surface area contributed by atoms with Gasteiger partial charge in [0.1, 0.15) is 0 Å². The lowest BCUT2D eigenvalue weighted by atomic mass is 10.0. The van der Waals surface area contributed by atoms with E-state index in [1.807, 2.05) is 72.8 Å². The van der Waals surface area contributed by atoms with Gasteiger partial charge in [0.05, 0.1) is 4.90 Å². The summed E-state index contributed by atoms with van der Waals surface area (Å²) in [4.78, 5) is 12.5. The number of carbonyl (C=O) groups is 1. The number of hydrogen-bond donors (Lipinski definition) is 2. The predicted octanol–water partition coefficient (Wildman–Crippen LogP) is 4.97. The molecule has 0 aliphatic carbocycles. The van der Waals surface area contributed by atoms with E-state index >= 15 is 0 Å². The van der Waals surface area contributed by atoms with Crippen LogP contribution in [-0.4, -0.2) is 14.3 Å². The Morgan fingerprint density at radius 1 is 0.781 bits per heavy atom. The van der Waals surface area contributed by atoms with E-state index in [9.17, 15) is 13.2 Å². The number of hydrogen-bond acceptors (Lipinski definition) is 3. The Morgan fingerprint density at radius 2 is 1.47 bits per heavy atom. The van der Waals surface area contributed by atoms with Crippen LogP contribution in [0.15, 0.2) is 108 Å². The maximum absolute atomic E-state index is 12.5. The minimum atomic E-state index is -3.65. The van der Waals surface area contributed by atoms with Crippen molar-refractivity contribution in [1.82, 2.24) is 4.72 Å². The Bertz CT molecular complexity index is 1360. The number of nitrogens with one attached hydrogen (secondary N) is 2. The highest BCUT2D eigenvalue weighted by Crippen LogP contribution is 2.20. The van der Waals surface area contributed by atoms with Crippen molar-refractivity contribution in [2.45, 2.75) is 11.4 Å². The summed E-state index contributed by atoms with van der Waals surface area (Å²) in [5, 5.41) is 4.93. The maximum atomic E-state index is 12.5. The Kier molecular flexibility index (Phi) is 6.44. The number of sulfonamides is 1. The number of fused-ring (bicyclic) bond motifs is 1. The lowest BCUT2D eigenvalue weighted by molar-refractivity contribution is -0.111. The van der Waals surface area contributed by atoms with Crippen LogP contribution in [0, 0.1) is 0 Å². The highest BCUT2D eigenvalue weighted by atomic mass is 32.2. The lowest BCUT2D eigenvalue weighted by Gasteiger charge is -2.08. The van der Waals surface area contributed by atoms with Crippen LogP contribution < -0.4 is 10.0 Å². The van der Waals surface area contributed by atoms with E-state index in [0.29, 0.717) is 5.69 Å². The fourth-order valence-corrected chi connectivity index (χ4v) is 4.34. The predicted molar refractivity (Wildman–Crippen MR) is 129 cm³/mol. The quantitative estimate of drug-likeness (QED) is 0.397. The van der Waals surface area contributed by atoms with Gasteiger partial charge >= 0.3 is 0 Å². The van der Waals surface area contributed by atoms with Crippen LogP contribution in [0.3, 0.4) is 0 Å². The topological polar surface area (TPSA) is 75.3 Å². The zero-order chi connectivity index (χ0) is 22.4. The van der Waals surface area contributed by atoms with Crippen molar-refractivity contribution in [3.05, 3.63) is 114 Å². The normalized spacial score (nSPS) is 11.6. The van der Waals surface area contributed by atoms with Crippen molar-refractivity contribution < 1.29 is 13.2 Å². The molecule has 2 N–H and O–H groups in total. The first-order valence-electron chi connectivity index (χ1n) is 10.1. The van der Waals surface area contributed by atoms with Crippen molar-refractivity contribution in [3.8, 4) is 0 Å². The average Bonchev–Trinajstić information content (AvgIpc) is 2.82. The molecule has 0 heterocycles. The molecule has 0 bridgehead atoms. The molecular weight excluding hydrogens is 420 g/mol. The summed E-state index contributed by atoms with van der Waals surface area (Å²) >= 11 is 0. The van der Waals surface area contributed by atoms with Crippen LogP contribution in [0.4, 0.5) is 5.69 Å². The van der Waals surface area contributed by atoms with E-state index in [4.69, 9.17) is 0 Å². The molecule has 0 saturated carbocycles. The van der Waals surface area contributed by atoms with E-state index in [1.165, 1.54) is 18.2 Å². The molecule has 0 aromatic heterocycles. The Balaban J connectivity index is 1.39. The smallest absolute Gasteiger partial charge is 0.248 e. The SMILES string of the molecule is O=C(/C=C/c1cccc2ccccc12)Nc1ccc(S(=O)(=O)NCc2ccccc2)cc1. The van der Waals surface area contributed by atoms with Crippen LogP contribution in [0.1, 0.15) is 11.1 Å². The second-order valence-electron chi connectivity index (χ2n) is 7.23. The van der Waals surface area contributed by atoms with Gasteiger partial charge in [-0.25, -0.2) is 13.1 Å². The molecule has 32 heavy (non-hydrogen) atoms. The number of rotatable bonds is 7. The fraction of sp³-hybridized carbons (Fsp3) is 0.0385. The minimum absolute atomic E-state index is 0.137. The molecule has 0 unspecified atom stereocenters. The van der Waals surface area contributed by atoms with Crippen molar-refractivity contribution in [2.24, 2.45) is 0 Å². The van der Waals surface area contributed by atoms with Crippen LogP contribution in [0.25, 0.3) is 16.8 Å². The van der Waals surface area contributed by atoms with Crippen molar-refractivity contribution >= 4 is 38.5 Å². The van der Waals surface area contributed by atoms with Crippen molar-refractivity contribution in [2.75, 3.05) is 5.32 Å². The standard InChI is InChI=1S/C26H22N2O3S/c29-26(18-13-22-11-6-10-21-9-4-5-12-25(21)22)28-23-14-16-24(17-15-23)32(30,31)27-19-20-7-2-1-3-8-20/h1-18,27H,19H2,(H,28,29)/b18-13+. The van der Waals surface area contributed by atoms with Gasteiger partial charge in [0.15, 0.2) is 0 Å². The van der Waals surface area contributed by atoms with Crippen LogP contribution in [-0.2, 0) is 21.4 Å². The van der Waals surface area contributed by atoms with Gasteiger partial charge in [-0.15, -0.1) is 0 Å². The first-order chi connectivity index (χ1) is 15.5. The Labute approximate surface area is 187 Å². The maximum Gasteiger partial charge on any atom is 0.248 e. The fourth-order valence-electron chi connectivity index (χ4n) is 3.32. The largest absolute Gasteiger partial charge is 0.323 e. The molecular formula is C26H22N2O3S. The molecule has 0 spiro atoms. The van der Waals surface area contributed by atoms with E-state index < -0.39 is 10.0 Å². The third-order valence-corrected chi connectivity index (χ3v) is 6.40. The second-order valence-corrected chi connectivity index (χ2v) is 8.99. The van der Waals surface area contributed by atoms with Gasteiger partial charge < -0.3 is 5.32 Å². The number of anilines is 1. The van der Waals surface area contributed by atoms with E-state index in [2.05, 4.69) is 10.0 Å². The van der Waals surface area contributed by atoms with Gasteiger partial charge in [-0.1, -0.05) is 72.8 Å². The van der Waals surface area contributed by atoms with Gasteiger partial charge in [0.25, 0.3) is 0 Å². The van der Waals surface area contributed by atoms with Gasteiger partial charge in [0, 0.05) is 18.3 Å². The van der Waals surface area contributed by atoms with Crippen LogP contribution in [0.5, 0.6) is 0 Å². The zero-order valence-electron chi connectivity index (χ0n) is 17.2. The zero-order valence-corrected chi connectivity index (χ0v) is 18.0. The molecule has 1 amide bonds. The summed E-state index contributed by atoms with van der Waals surface area (Å²) < 4.78 is 27.6. The van der Waals surface area contributed by atoms with Gasteiger partial charge in [-0.05, 0) is 52.2 Å². The number of carbonyl (C=O) groups excluding carboxylic acids is 1. The molecule has 0 aliphatic heterocycles. The Hall–Kier alpha value is -3.74. The molecule has 4 aromatic carbocycles.